The van der Waals surface area contributed by atoms with Gasteiger partial charge in [0.25, 0.3) is 5.56 Å². The molecule has 2 rings (SSSR count). The van der Waals surface area contributed by atoms with Crippen LogP contribution in [-0.2, 0) is 14.1 Å². The van der Waals surface area contributed by atoms with Crippen molar-refractivity contribution in [3.8, 4) is 5.88 Å². The zero-order chi connectivity index (χ0) is 14.9. The summed E-state index contributed by atoms with van der Waals surface area (Å²) >= 11 is 5.03. The molecule has 0 atom stereocenters. The zero-order valence-electron chi connectivity index (χ0n) is 11.4. The average molecular weight is 290 g/mol. The molecule has 0 saturated carbocycles. The van der Waals surface area contributed by atoms with Crippen LogP contribution in [0.15, 0.2) is 28.1 Å². The molecular weight excluding hydrogens is 276 g/mol. The van der Waals surface area contributed by atoms with E-state index in [1.54, 1.807) is 26.4 Å². The van der Waals surface area contributed by atoms with Gasteiger partial charge in [-0.25, -0.2) is 9.98 Å². The van der Waals surface area contributed by atoms with Crippen molar-refractivity contribution in [2.75, 3.05) is 0 Å². The highest BCUT2D eigenvalue weighted by Crippen LogP contribution is 2.12. The molecule has 0 amide bonds. The molecule has 0 fully saturated rings. The molecule has 0 bridgehead atoms. The molecule has 2 aromatic rings. The van der Waals surface area contributed by atoms with Crippen molar-refractivity contribution in [2.45, 2.75) is 6.92 Å². The third kappa shape index (κ3) is 2.53. The Morgan fingerprint density at radius 1 is 1.35 bits per heavy atom. The van der Waals surface area contributed by atoms with E-state index in [0.29, 0.717) is 5.82 Å². The highest BCUT2D eigenvalue weighted by molar-refractivity contribution is 7.71. The third-order valence-electron chi connectivity index (χ3n) is 2.89. The van der Waals surface area contributed by atoms with Crippen LogP contribution in [0.1, 0.15) is 11.1 Å². The second kappa shape index (κ2) is 5.38. The molecule has 0 aliphatic rings. The third-order valence-corrected chi connectivity index (χ3v) is 3.44. The number of hydrogen-bond donors (Lipinski definition) is 1. The number of rotatable bonds is 2. The van der Waals surface area contributed by atoms with Crippen LogP contribution in [-0.4, -0.2) is 25.4 Å². The summed E-state index contributed by atoms with van der Waals surface area (Å²) in [5.41, 5.74) is 0.692. The fourth-order valence-corrected chi connectivity index (χ4v) is 1.81. The normalized spacial score (nSPS) is 11.2. The summed E-state index contributed by atoms with van der Waals surface area (Å²) in [5.74, 6) is 0.246. The van der Waals surface area contributed by atoms with Crippen LogP contribution in [0, 0.1) is 11.7 Å². The fraction of sp³-hybridized carbons (Fsp3) is 0.231. The van der Waals surface area contributed by atoms with Gasteiger partial charge in [-0.1, -0.05) is 6.07 Å². The Hall–Kier alpha value is -2.28. The molecule has 0 aliphatic carbocycles. The van der Waals surface area contributed by atoms with Crippen molar-refractivity contribution in [1.82, 2.24) is 14.1 Å². The number of nitrogens with zero attached hydrogens (tertiary/aromatic N) is 4. The average Bonchev–Trinajstić information content (AvgIpc) is 2.45. The number of aromatic nitrogens is 3. The Bertz CT molecular complexity index is 788. The first-order chi connectivity index (χ1) is 9.41. The van der Waals surface area contributed by atoms with Crippen molar-refractivity contribution in [2.24, 2.45) is 19.1 Å². The van der Waals surface area contributed by atoms with E-state index in [4.69, 9.17) is 12.2 Å². The van der Waals surface area contributed by atoms with Gasteiger partial charge in [0.1, 0.15) is 5.56 Å². The van der Waals surface area contributed by atoms with Crippen LogP contribution in [0.5, 0.6) is 5.88 Å². The van der Waals surface area contributed by atoms with E-state index >= 15 is 0 Å². The fourth-order valence-electron chi connectivity index (χ4n) is 1.64. The van der Waals surface area contributed by atoms with Gasteiger partial charge in [-0.05, 0) is 30.8 Å². The van der Waals surface area contributed by atoms with E-state index in [2.05, 4.69) is 9.98 Å². The molecule has 0 aromatic carbocycles. The molecule has 0 unspecified atom stereocenters. The van der Waals surface area contributed by atoms with Gasteiger partial charge in [0, 0.05) is 26.5 Å². The Morgan fingerprint density at radius 3 is 2.65 bits per heavy atom. The molecule has 0 saturated heterocycles. The second-order valence-electron chi connectivity index (χ2n) is 4.39. The molecule has 0 spiro atoms. The number of pyridine rings is 1. The quantitative estimate of drug-likeness (QED) is 0.674. The van der Waals surface area contributed by atoms with Crippen LogP contribution in [0.3, 0.4) is 0 Å². The van der Waals surface area contributed by atoms with Gasteiger partial charge in [0.05, 0.1) is 0 Å². The Labute approximate surface area is 120 Å². The van der Waals surface area contributed by atoms with Crippen LogP contribution < -0.4 is 5.56 Å². The van der Waals surface area contributed by atoms with Gasteiger partial charge in [-0.3, -0.25) is 13.9 Å². The lowest BCUT2D eigenvalue weighted by Crippen LogP contribution is -2.25. The first-order valence-corrected chi connectivity index (χ1v) is 6.28. The maximum atomic E-state index is 12.0. The van der Waals surface area contributed by atoms with E-state index in [1.165, 1.54) is 15.3 Å². The number of hydrogen-bond acceptors (Lipinski definition) is 5. The van der Waals surface area contributed by atoms with Crippen LogP contribution in [0.2, 0.25) is 0 Å². The van der Waals surface area contributed by atoms with Gasteiger partial charge in [0.15, 0.2) is 10.6 Å². The molecule has 20 heavy (non-hydrogen) atoms. The monoisotopic (exact) mass is 290 g/mol. The molecular formula is C13H14N4O2S. The molecule has 104 valence electrons. The van der Waals surface area contributed by atoms with E-state index < -0.39 is 5.56 Å². The van der Waals surface area contributed by atoms with Crippen LogP contribution in [0.25, 0.3) is 0 Å². The zero-order valence-corrected chi connectivity index (χ0v) is 12.2. The Kier molecular flexibility index (Phi) is 3.80. The van der Waals surface area contributed by atoms with Crippen molar-refractivity contribution in [3.63, 3.8) is 0 Å². The molecule has 2 heterocycles. The first-order valence-electron chi connectivity index (χ1n) is 5.87. The minimum Gasteiger partial charge on any atom is -0.494 e. The molecule has 6 nitrogen and oxygen atoms in total. The van der Waals surface area contributed by atoms with E-state index in [1.807, 2.05) is 13.0 Å². The molecule has 2 aromatic heterocycles. The van der Waals surface area contributed by atoms with E-state index in [-0.39, 0.29) is 16.2 Å². The Balaban J connectivity index is 2.52. The maximum absolute atomic E-state index is 12.0. The predicted octanol–water partition coefficient (Wildman–Crippen LogP) is 1.61. The lowest BCUT2D eigenvalue weighted by atomic mass is 10.3. The molecule has 1 N–H and O–H groups in total. The number of aryl methyl sites for hydroxylation is 1. The summed E-state index contributed by atoms with van der Waals surface area (Å²) in [4.78, 5) is 20.2. The molecule has 0 aliphatic heterocycles. The van der Waals surface area contributed by atoms with Crippen molar-refractivity contribution >= 4 is 24.3 Å². The standard InChI is InChI=1S/C13H14N4O2S/c1-8-4-5-10(14-6-8)15-7-9-11(18)16(2)13(20)17(3)12(9)19/h4-7,18H,1-3H3. The maximum Gasteiger partial charge on any atom is 0.266 e. The van der Waals surface area contributed by atoms with Crippen LogP contribution in [0.4, 0.5) is 5.82 Å². The van der Waals surface area contributed by atoms with Gasteiger partial charge in [-0.15, -0.1) is 0 Å². The van der Waals surface area contributed by atoms with Crippen molar-refractivity contribution < 1.29 is 5.11 Å². The summed E-state index contributed by atoms with van der Waals surface area (Å²) in [5, 5.41) is 9.98. The predicted molar refractivity (Wildman–Crippen MR) is 79.4 cm³/mol. The smallest absolute Gasteiger partial charge is 0.266 e. The van der Waals surface area contributed by atoms with Gasteiger partial charge in [-0.2, -0.15) is 0 Å². The summed E-state index contributed by atoms with van der Waals surface area (Å²) in [6.07, 6.45) is 2.97. The summed E-state index contributed by atoms with van der Waals surface area (Å²) < 4.78 is 2.86. The highest BCUT2D eigenvalue weighted by Gasteiger charge is 2.11. The largest absolute Gasteiger partial charge is 0.494 e. The summed E-state index contributed by atoms with van der Waals surface area (Å²) in [7, 11) is 3.13. The topological polar surface area (TPSA) is 72.4 Å². The van der Waals surface area contributed by atoms with Gasteiger partial charge < -0.3 is 5.11 Å². The lowest BCUT2D eigenvalue weighted by molar-refractivity contribution is 0.415. The second-order valence-corrected chi connectivity index (χ2v) is 4.76. The van der Waals surface area contributed by atoms with Crippen LogP contribution >= 0.6 is 12.2 Å². The van der Waals surface area contributed by atoms with Gasteiger partial charge >= 0.3 is 0 Å². The minimum absolute atomic E-state index is 0.0750. The van der Waals surface area contributed by atoms with E-state index in [9.17, 15) is 9.90 Å². The first kappa shape index (κ1) is 14.1. The van der Waals surface area contributed by atoms with Crippen molar-refractivity contribution in [3.05, 3.63) is 44.6 Å². The summed E-state index contributed by atoms with van der Waals surface area (Å²) in [6, 6.07) is 3.60. The van der Waals surface area contributed by atoms with E-state index in [0.717, 1.165) is 5.56 Å². The summed E-state index contributed by atoms with van der Waals surface area (Å²) in [6.45, 7) is 1.92. The SMILES string of the molecule is Cc1ccc(N=Cc2c(O)n(C)c(=S)n(C)c2=O)nc1. The highest BCUT2D eigenvalue weighted by atomic mass is 32.1. The number of aromatic hydroxyl groups is 1. The molecule has 7 heteroatoms. The lowest BCUT2D eigenvalue weighted by Gasteiger charge is -2.08. The van der Waals surface area contributed by atoms with Crippen molar-refractivity contribution in [1.29, 1.82) is 0 Å². The number of aliphatic imine (C=N–C) groups is 1. The minimum atomic E-state index is -0.401. The molecule has 0 radical (unpaired) electrons. The Morgan fingerprint density at radius 2 is 2.05 bits per heavy atom. The van der Waals surface area contributed by atoms with Gasteiger partial charge in [0.2, 0.25) is 5.88 Å².